The molecule has 2 aliphatic heterocycles. The molecule has 1 unspecified atom stereocenters. The topological polar surface area (TPSA) is 62.0 Å². The third-order valence-corrected chi connectivity index (χ3v) is 5.69. The summed E-state index contributed by atoms with van der Waals surface area (Å²) in [5.41, 5.74) is 7.89. The zero-order chi connectivity index (χ0) is 23.7. The number of anilines is 1. The van der Waals surface area contributed by atoms with Gasteiger partial charge in [0.1, 0.15) is 0 Å². The third-order valence-electron chi connectivity index (χ3n) is 5.45. The number of rotatable bonds is 4. The summed E-state index contributed by atoms with van der Waals surface area (Å²) in [5, 5.41) is 0.570. The number of nitrogens with zero attached hydrogens (tertiary/aromatic N) is 3. The van der Waals surface area contributed by atoms with Gasteiger partial charge in [-0.25, -0.2) is 4.79 Å². The number of benzene rings is 1. The summed E-state index contributed by atoms with van der Waals surface area (Å²) < 4.78 is 79.5. The predicted molar refractivity (Wildman–Crippen MR) is 105 cm³/mol. The van der Waals surface area contributed by atoms with Gasteiger partial charge in [0.2, 0.25) is 0 Å². The number of carbonyl (C=O) groups excluding carboxylic acids is 1. The molecular weight excluding hydrogens is 466 g/mol. The van der Waals surface area contributed by atoms with E-state index in [0.29, 0.717) is 18.1 Å². The minimum Gasteiger partial charge on any atom is -0.426 e. The molecule has 1 atom stereocenters. The first-order valence-electron chi connectivity index (χ1n) is 9.95. The first kappa shape index (κ1) is 24.7. The van der Waals surface area contributed by atoms with E-state index in [-0.39, 0.29) is 32.2 Å². The van der Waals surface area contributed by atoms with Gasteiger partial charge in [0, 0.05) is 62.6 Å². The molecule has 13 heteroatoms. The number of alkyl halides is 6. The quantitative estimate of drug-likeness (QED) is 0.656. The highest BCUT2D eigenvalue weighted by molar-refractivity contribution is 6.30. The van der Waals surface area contributed by atoms with E-state index < -0.39 is 24.5 Å². The number of piperazine rings is 1. The molecule has 2 heterocycles. The molecule has 6 nitrogen and oxygen atoms in total. The molecule has 1 amide bonds. The molecule has 0 aliphatic carbocycles. The Hall–Kier alpha value is -1.92. The van der Waals surface area contributed by atoms with Crippen molar-refractivity contribution in [2.75, 3.05) is 44.2 Å². The average Bonchev–Trinajstić information content (AvgIpc) is 3.12. The fraction of sp³-hybridized carbons (Fsp3) is 0.632. The van der Waals surface area contributed by atoms with E-state index in [1.54, 1.807) is 6.07 Å². The molecule has 0 saturated carbocycles. The predicted octanol–water partition coefficient (Wildman–Crippen LogP) is 3.62. The van der Waals surface area contributed by atoms with Gasteiger partial charge in [-0.2, -0.15) is 26.3 Å². The van der Waals surface area contributed by atoms with Crippen LogP contribution in [-0.2, 0) is 11.3 Å². The van der Waals surface area contributed by atoms with Crippen molar-refractivity contribution in [3.05, 3.63) is 28.8 Å². The fourth-order valence-electron chi connectivity index (χ4n) is 3.80. The van der Waals surface area contributed by atoms with Crippen LogP contribution >= 0.6 is 11.6 Å². The second kappa shape index (κ2) is 9.52. The zero-order valence-electron chi connectivity index (χ0n) is 16.9. The van der Waals surface area contributed by atoms with Crippen molar-refractivity contribution in [3.8, 4) is 0 Å². The van der Waals surface area contributed by atoms with Crippen LogP contribution in [0.15, 0.2) is 18.2 Å². The van der Waals surface area contributed by atoms with Crippen LogP contribution in [0, 0.1) is 0 Å². The van der Waals surface area contributed by atoms with Crippen LogP contribution in [0.5, 0.6) is 0 Å². The van der Waals surface area contributed by atoms with Crippen LogP contribution in [0.4, 0.5) is 36.8 Å². The highest BCUT2D eigenvalue weighted by Crippen LogP contribution is 2.36. The van der Waals surface area contributed by atoms with Gasteiger partial charge in [-0.3, -0.25) is 4.90 Å². The third kappa shape index (κ3) is 6.10. The van der Waals surface area contributed by atoms with Crippen LogP contribution in [0.2, 0.25) is 5.02 Å². The molecule has 0 bridgehead atoms. The first-order valence-corrected chi connectivity index (χ1v) is 10.3. The Kier molecular flexibility index (Phi) is 7.35. The monoisotopic (exact) mass is 488 g/mol. The van der Waals surface area contributed by atoms with E-state index in [9.17, 15) is 31.1 Å². The van der Waals surface area contributed by atoms with E-state index in [2.05, 4.69) is 9.64 Å². The number of ether oxygens (including phenoxy) is 1. The van der Waals surface area contributed by atoms with Crippen molar-refractivity contribution in [1.82, 2.24) is 9.80 Å². The molecule has 1 aromatic carbocycles. The molecule has 3 rings (SSSR count). The van der Waals surface area contributed by atoms with Crippen molar-refractivity contribution in [3.63, 3.8) is 0 Å². The van der Waals surface area contributed by atoms with Crippen molar-refractivity contribution < 1.29 is 35.9 Å². The number of hydrogen-bond acceptors (Lipinski definition) is 5. The van der Waals surface area contributed by atoms with Gasteiger partial charge in [-0.05, 0) is 24.1 Å². The van der Waals surface area contributed by atoms with Gasteiger partial charge >= 0.3 is 18.4 Å². The Morgan fingerprint density at radius 3 is 2.25 bits per heavy atom. The highest BCUT2D eigenvalue weighted by atomic mass is 35.5. The zero-order valence-corrected chi connectivity index (χ0v) is 17.7. The van der Waals surface area contributed by atoms with Crippen molar-refractivity contribution in [1.29, 1.82) is 0 Å². The van der Waals surface area contributed by atoms with Gasteiger partial charge in [0.05, 0.1) is 0 Å². The van der Waals surface area contributed by atoms with Crippen molar-refractivity contribution in [2.45, 2.75) is 37.5 Å². The standard InChI is InChI=1S/C19H23ClF6N4O2/c20-13-2-1-12(15(9-13)30-4-3-14(27)11-30)10-28-5-7-29(8-6-28)17(31)32-16(18(21,22)23)19(24,25)26/h1-2,9,14,16H,3-8,10-11,27H2. The van der Waals surface area contributed by atoms with Gasteiger partial charge < -0.3 is 20.3 Å². The second-order valence-electron chi connectivity index (χ2n) is 7.88. The summed E-state index contributed by atoms with van der Waals surface area (Å²) in [6.07, 6.45) is -16.4. The number of hydrogen-bond donors (Lipinski definition) is 1. The Morgan fingerprint density at radius 2 is 1.72 bits per heavy atom. The van der Waals surface area contributed by atoms with E-state index in [1.807, 2.05) is 17.0 Å². The summed E-state index contributed by atoms with van der Waals surface area (Å²) >= 11 is 6.14. The Balaban J connectivity index is 1.59. The van der Waals surface area contributed by atoms with Gasteiger partial charge in [0.15, 0.2) is 0 Å². The molecule has 1 aromatic rings. The molecule has 0 spiro atoms. The SMILES string of the molecule is NC1CCN(c2cc(Cl)ccc2CN2CCN(C(=O)OC(C(F)(F)F)C(F)(F)F)CC2)C1. The summed E-state index contributed by atoms with van der Waals surface area (Å²) in [6, 6.07) is 5.53. The smallest absolute Gasteiger partial charge is 0.426 e. The molecular formula is C19H23ClF6N4O2. The molecule has 2 aliphatic rings. The first-order chi connectivity index (χ1) is 14.8. The Bertz CT molecular complexity index is 800. The van der Waals surface area contributed by atoms with Crippen LogP contribution in [-0.4, -0.2) is 79.7 Å². The van der Waals surface area contributed by atoms with Crippen molar-refractivity contribution in [2.24, 2.45) is 5.73 Å². The molecule has 0 radical (unpaired) electrons. The molecule has 2 N–H and O–H groups in total. The largest absolute Gasteiger partial charge is 0.434 e. The summed E-state index contributed by atoms with van der Waals surface area (Å²) in [7, 11) is 0. The maximum Gasteiger partial charge on any atom is 0.434 e. The maximum atomic E-state index is 12.6. The summed E-state index contributed by atoms with van der Waals surface area (Å²) in [6.45, 7) is 2.37. The lowest BCUT2D eigenvalue weighted by atomic mass is 10.1. The highest BCUT2D eigenvalue weighted by Gasteiger charge is 2.60. The Morgan fingerprint density at radius 1 is 1.09 bits per heavy atom. The lowest BCUT2D eigenvalue weighted by molar-refractivity contribution is -0.308. The van der Waals surface area contributed by atoms with E-state index in [4.69, 9.17) is 17.3 Å². The summed E-state index contributed by atoms with van der Waals surface area (Å²) in [4.78, 5) is 16.9. The average molecular weight is 489 g/mol. The van der Waals surface area contributed by atoms with E-state index in [0.717, 1.165) is 29.1 Å². The van der Waals surface area contributed by atoms with Crippen LogP contribution in [0.25, 0.3) is 0 Å². The lowest BCUT2D eigenvalue weighted by Gasteiger charge is -2.36. The summed E-state index contributed by atoms with van der Waals surface area (Å²) in [5.74, 6) is 0. The van der Waals surface area contributed by atoms with Gasteiger partial charge in [-0.1, -0.05) is 17.7 Å². The Labute approximate surface area is 185 Å². The van der Waals surface area contributed by atoms with E-state index >= 15 is 0 Å². The van der Waals surface area contributed by atoms with Gasteiger partial charge in [0.25, 0.3) is 6.10 Å². The molecule has 0 aromatic heterocycles. The molecule has 32 heavy (non-hydrogen) atoms. The lowest BCUT2D eigenvalue weighted by Crippen LogP contribution is -2.52. The fourth-order valence-corrected chi connectivity index (χ4v) is 3.96. The number of amides is 1. The molecule has 2 fully saturated rings. The molecule has 180 valence electrons. The van der Waals surface area contributed by atoms with Crippen molar-refractivity contribution >= 4 is 23.4 Å². The molecule has 2 saturated heterocycles. The van der Waals surface area contributed by atoms with Crippen LogP contribution in [0.1, 0.15) is 12.0 Å². The second-order valence-corrected chi connectivity index (χ2v) is 8.31. The van der Waals surface area contributed by atoms with Gasteiger partial charge in [-0.15, -0.1) is 0 Å². The van der Waals surface area contributed by atoms with Crippen LogP contribution in [0.3, 0.4) is 0 Å². The minimum absolute atomic E-state index is 0.0568. The number of nitrogens with two attached hydrogens (primary N) is 1. The minimum atomic E-state index is -5.74. The van der Waals surface area contributed by atoms with E-state index in [1.165, 1.54) is 0 Å². The number of carbonyl (C=O) groups is 1. The normalized spacial score (nSPS) is 20.8. The maximum absolute atomic E-state index is 12.6. The van der Waals surface area contributed by atoms with Crippen LogP contribution < -0.4 is 10.6 Å². The number of halogens is 7.